The van der Waals surface area contributed by atoms with Gasteiger partial charge in [0.15, 0.2) is 5.58 Å². The van der Waals surface area contributed by atoms with Crippen LogP contribution in [0.15, 0.2) is 132 Å². The van der Waals surface area contributed by atoms with E-state index in [2.05, 4.69) is 132 Å². The molecule has 2 bridgehead atoms. The van der Waals surface area contributed by atoms with Gasteiger partial charge in [0.1, 0.15) is 5.58 Å². The third-order valence-electron chi connectivity index (χ3n) is 10.2. The number of hydrogen-bond donors (Lipinski definition) is 1. The number of fused-ring (bicyclic) bond motifs is 10. The Morgan fingerprint density at radius 2 is 1.33 bits per heavy atom. The van der Waals surface area contributed by atoms with E-state index < -0.39 is 0 Å². The maximum Gasteiger partial charge on any atom is 0.158 e. The van der Waals surface area contributed by atoms with Gasteiger partial charge in [-0.05, 0) is 80.8 Å². The van der Waals surface area contributed by atoms with Crippen molar-refractivity contribution in [3.63, 3.8) is 0 Å². The van der Waals surface area contributed by atoms with E-state index in [-0.39, 0.29) is 30.9 Å². The van der Waals surface area contributed by atoms with Crippen molar-refractivity contribution >= 4 is 33.3 Å². The number of aromatic nitrogens is 2. The SMILES string of the molecule is Cc1c2cc(C(C)(C)C)cc1-c1ccc3c(oc4ccccc43)c1Nc1c[c-]c(-c3ccc(C(C)(C)C)cn3)cc1-2.[Ir].[c-]1ccccc1-c1ccccn1. The van der Waals surface area contributed by atoms with Gasteiger partial charge >= 0.3 is 0 Å². The fourth-order valence-corrected chi connectivity index (χ4v) is 7.02. The molecule has 1 radical (unpaired) electrons. The summed E-state index contributed by atoms with van der Waals surface area (Å²) in [6.45, 7) is 15.7. The number of benzene rings is 5. The maximum absolute atomic E-state index is 6.52. The van der Waals surface area contributed by atoms with Crippen molar-refractivity contribution in [2.45, 2.75) is 59.3 Å². The number of nitrogens with zero attached hydrogens (tertiary/aromatic N) is 2. The number of nitrogens with one attached hydrogen (secondary N) is 1. The molecule has 0 saturated carbocycles. The molecule has 0 unspecified atom stereocenters. The molecule has 5 aromatic carbocycles. The zero-order valence-electron chi connectivity index (χ0n) is 31.8. The molecule has 0 fully saturated rings. The summed E-state index contributed by atoms with van der Waals surface area (Å²) in [6, 6.07) is 46.4. The van der Waals surface area contributed by atoms with Crippen LogP contribution in [0.3, 0.4) is 0 Å². The van der Waals surface area contributed by atoms with Gasteiger partial charge in [-0.25, -0.2) is 0 Å². The van der Waals surface area contributed by atoms with Gasteiger partial charge in [-0.3, -0.25) is 0 Å². The third-order valence-corrected chi connectivity index (χ3v) is 10.2. The first kappa shape index (κ1) is 37.0. The molecular weight excluding hydrogens is 839 g/mol. The molecule has 0 atom stereocenters. The van der Waals surface area contributed by atoms with Crippen molar-refractivity contribution in [2.24, 2.45) is 0 Å². The van der Waals surface area contributed by atoms with E-state index in [1.165, 1.54) is 27.8 Å². The quantitative estimate of drug-likeness (QED) is 0.176. The molecule has 1 N–H and O–H groups in total. The smallest absolute Gasteiger partial charge is 0.158 e. The Kier molecular flexibility index (Phi) is 9.91. The van der Waals surface area contributed by atoms with Crippen LogP contribution < -0.4 is 5.32 Å². The Hall–Kier alpha value is -5.35. The van der Waals surface area contributed by atoms with E-state index in [0.29, 0.717) is 0 Å². The van der Waals surface area contributed by atoms with Gasteiger partial charge in [0.05, 0.1) is 5.69 Å². The normalized spacial score (nSPS) is 12.0. The van der Waals surface area contributed by atoms with Crippen LogP contribution in [-0.2, 0) is 30.9 Å². The van der Waals surface area contributed by atoms with E-state index in [9.17, 15) is 0 Å². The molecule has 0 saturated heterocycles. The van der Waals surface area contributed by atoms with Crippen molar-refractivity contribution < 1.29 is 24.5 Å². The summed E-state index contributed by atoms with van der Waals surface area (Å²) in [5.41, 5.74) is 16.3. The summed E-state index contributed by atoms with van der Waals surface area (Å²) in [4.78, 5) is 9.07. The first-order valence-electron chi connectivity index (χ1n) is 18.2. The minimum Gasteiger partial charge on any atom is -0.454 e. The molecule has 3 aromatic heterocycles. The van der Waals surface area contributed by atoms with Gasteiger partial charge in [-0.1, -0.05) is 108 Å². The average molecular weight is 882 g/mol. The molecule has 0 amide bonds. The number of hydrogen-bond acceptors (Lipinski definition) is 4. The first-order valence-corrected chi connectivity index (χ1v) is 18.2. The summed E-state index contributed by atoms with van der Waals surface area (Å²) in [6.07, 6.45) is 3.78. The monoisotopic (exact) mass is 882 g/mol. The van der Waals surface area contributed by atoms with Crippen LogP contribution in [0.1, 0.15) is 58.2 Å². The topological polar surface area (TPSA) is 51.0 Å². The van der Waals surface area contributed by atoms with Crippen molar-refractivity contribution in [1.82, 2.24) is 9.97 Å². The molecular formula is C49H43IrN3O-2. The molecule has 8 aromatic rings. The van der Waals surface area contributed by atoms with E-state index >= 15 is 0 Å². The minimum absolute atomic E-state index is 0. The average Bonchev–Trinajstić information content (AvgIpc) is 3.55. The Morgan fingerprint density at radius 3 is 2.02 bits per heavy atom. The predicted octanol–water partition coefficient (Wildman–Crippen LogP) is 13.3. The molecule has 0 spiro atoms. The molecule has 54 heavy (non-hydrogen) atoms. The van der Waals surface area contributed by atoms with Gasteiger partial charge in [-0.2, -0.15) is 0 Å². The Labute approximate surface area is 332 Å². The van der Waals surface area contributed by atoms with E-state index in [0.717, 1.165) is 67.0 Å². The number of pyridine rings is 2. The van der Waals surface area contributed by atoms with Crippen LogP contribution in [0.25, 0.3) is 66.7 Å². The van der Waals surface area contributed by atoms with E-state index in [4.69, 9.17) is 9.40 Å². The van der Waals surface area contributed by atoms with Crippen LogP contribution in [0.5, 0.6) is 0 Å². The Bertz CT molecular complexity index is 2560. The maximum atomic E-state index is 6.52. The first-order chi connectivity index (χ1) is 25.5. The fraction of sp³-hybridized carbons (Fsp3) is 0.184. The second kappa shape index (κ2) is 14.5. The zero-order valence-corrected chi connectivity index (χ0v) is 34.2. The number of rotatable bonds is 2. The zero-order chi connectivity index (χ0) is 36.9. The van der Waals surface area contributed by atoms with E-state index in [1.54, 1.807) is 6.20 Å². The van der Waals surface area contributed by atoms with Crippen molar-refractivity contribution in [1.29, 1.82) is 0 Å². The summed E-state index contributed by atoms with van der Waals surface area (Å²) < 4.78 is 6.52. The van der Waals surface area contributed by atoms with Crippen molar-refractivity contribution in [3.05, 3.63) is 156 Å². The molecule has 4 nitrogen and oxygen atoms in total. The van der Waals surface area contributed by atoms with Crippen LogP contribution in [0.4, 0.5) is 11.4 Å². The molecule has 9 rings (SSSR count). The summed E-state index contributed by atoms with van der Waals surface area (Å²) in [7, 11) is 0. The van der Waals surface area contributed by atoms with Gasteiger partial charge in [-0.15, -0.1) is 59.7 Å². The third kappa shape index (κ3) is 7.02. The molecule has 5 heteroatoms. The molecule has 271 valence electrons. The summed E-state index contributed by atoms with van der Waals surface area (Å²) in [5.74, 6) is 0. The summed E-state index contributed by atoms with van der Waals surface area (Å²) in [5, 5.41) is 6.05. The standard InChI is InChI=1S/C38H35N2O.C11H8N.Ir/c1-22-29-19-25(38(5,6)7)20-30(22)31-18-23(32-17-13-24(21-39-32)37(2,3)4)12-16-33(31)40-35-27(29)14-15-28-26-10-8-9-11-34(26)41-36(28)35;1-2-6-10(7-3-1)11-8-4-5-9-12-11;/h8-11,13-21,40H,1-7H3;1-6,8-9H;/q2*-1;. The minimum atomic E-state index is -0.0122. The van der Waals surface area contributed by atoms with Crippen LogP contribution in [-0.4, -0.2) is 9.97 Å². The van der Waals surface area contributed by atoms with Gasteiger partial charge < -0.3 is 19.7 Å². The predicted molar refractivity (Wildman–Crippen MR) is 221 cm³/mol. The van der Waals surface area contributed by atoms with Crippen LogP contribution in [0, 0.1) is 19.1 Å². The molecule has 1 aliphatic rings. The summed E-state index contributed by atoms with van der Waals surface area (Å²) >= 11 is 0. The van der Waals surface area contributed by atoms with Crippen molar-refractivity contribution in [3.8, 4) is 44.8 Å². The second-order valence-corrected chi connectivity index (χ2v) is 15.9. The molecule has 0 aliphatic carbocycles. The number of furan rings is 1. The number of para-hydroxylation sites is 1. The number of anilines is 2. The Balaban J connectivity index is 0.000000294. The van der Waals surface area contributed by atoms with E-state index in [1.807, 2.05) is 60.8 Å². The second-order valence-electron chi connectivity index (χ2n) is 15.9. The van der Waals surface area contributed by atoms with Crippen LogP contribution in [0.2, 0.25) is 0 Å². The largest absolute Gasteiger partial charge is 0.454 e. The Morgan fingerprint density at radius 1 is 0.611 bits per heavy atom. The molecule has 4 heterocycles. The molecule has 1 aliphatic heterocycles. The van der Waals surface area contributed by atoms with Gasteiger partial charge in [0.2, 0.25) is 0 Å². The van der Waals surface area contributed by atoms with Crippen LogP contribution >= 0.6 is 0 Å². The van der Waals surface area contributed by atoms with Gasteiger partial charge in [0.25, 0.3) is 0 Å². The van der Waals surface area contributed by atoms with Crippen molar-refractivity contribution in [2.75, 3.05) is 5.32 Å². The fourth-order valence-electron chi connectivity index (χ4n) is 7.02. The van der Waals surface area contributed by atoms with Gasteiger partial charge in [0, 0.05) is 48.8 Å².